The average Bonchev–Trinajstić information content (AvgIpc) is 4.25. The molecule has 4 heterocycles. The standard InChI is InChI=1S/C64H42N2S4/c1-3-7-43(8-4-1)45-13-24-53(25-14-45)65(55-30-19-48(20-31-55)61-41-63-59(69-61)35-37-67-63)54-28-17-47(18-29-54)50-11-12-52-40-58(34-23-51(52)39-50)66(56-26-15-46(16-27-56)44-9-5-2-6-10-44)57-32-21-49(22-33-57)62-42-64-60(70-62)36-38-68-64/h1-42H. The molecule has 0 spiro atoms. The molecule has 0 aliphatic rings. The molecule has 0 radical (unpaired) electrons. The number of anilines is 6. The second kappa shape index (κ2) is 18.2. The normalized spacial score (nSPS) is 11.4. The predicted molar refractivity (Wildman–Crippen MR) is 307 cm³/mol. The molecule has 0 aliphatic carbocycles. The van der Waals surface area contributed by atoms with Gasteiger partial charge in [0.15, 0.2) is 0 Å². The Balaban J connectivity index is 0.814. The van der Waals surface area contributed by atoms with Crippen LogP contribution in [0, 0.1) is 0 Å². The van der Waals surface area contributed by atoms with Crippen molar-refractivity contribution in [2.45, 2.75) is 0 Å². The maximum atomic E-state index is 2.37. The predicted octanol–water partition coefficient (Wildman–Crippen LogP) is 20.7. The van der Waals surface area contributed by atoms with Crippen LogP contribution < -0.4 is 9.80 Å². The first kappa shape index (κ1) is 42.3. The molecule has 2 nitrogen and oxygen atoms in total. The van der Waals surface area contributed by atoms with Crippen LogP contribution in [0.3, 0.4) is 0 Å². The van der Waals surface area contributed by atoms with Crippen molar-refractivity contribution < 1.29 is 0 Å². The monoisotopic (exact) mass is 966 g/mol. The lowest BCUT2D eigenvalue weighted by Gasteiger charge is -2.26. The largest absolute Gasteiger partial charge is 0.311 e. The molecule has 0 N–H and O–H groups in total. The Morgan fingerprint density at radius 2 is 0.557 bits per heavy atom. The van der Waals surface area contributed by atoms with E-state index in [0.717, 1.165) is 34.1 Å². The zero-order valence-corrected chi connectivity index (χ0v) is 41.0. The van der Waals surface area contributed by atoms with Crippen molar-refractivity contribution in [2.24, 2.45) is 0 Å². The number of hydrogen-bond donors (Lipinski definition) is 0. The molecule has 0 aliphatic heterocycles. The van der Waals surface area contributed by atoms with Gasteiger partial charge in [0.25, 0.3) is 0 Å². The molecule has 0 saturated heterocycles. The average molecular weight is 967 g/mol. The summed E-state index contributed by atoms with van der Waals surface area (Å²) in [5.74, 6) is 0. The van der Waals surface area contributed by atoms with E-state index in [1.165, 1.54) is 83.8 Å². The van der Waals surface area contributed by atoms with E-state index in [-0.39, 0.29) is 0 Å². The Kier molecular flexibility index (Phi) is 11.0. The fraction of sp³-hybridized carbons (Fsp3) is 0. The second-order valence-corrected chi connectivity index (χ2v) is 21.5. The molecule has 0 atom stereocenters. The number of thiophene rings is 4. The van der Waals surface area contributed by atoms with Gasteiger partial charge in [-0.2, -0.15) is 0 Å². The van der Waals surface area contributed by atoms with Crippen molar-refractivity contribution in [3.05, 3.63) is 253 Å². The summed E-state index contributed by atoms with van der Waals surface area (Å²) in [6.45, 7) is 0. The van der Waals surface area contributed by atoms with Crippen LogP contribution in [0.15, 0.2) is 253 Å². The summed E-state index contributed by atoms with van der Waals surface area (Å²) in [6, 6.07) is 88.9. The van der Waals surface area contributed by atoms with Crippen molar-refractivity contribution in [3.8, 4) is 54.3 Å². The van der Waals surface area contributed by atoms with Gasteiger partial charge in [0, 0.05) is 62.7 Å². The third-order valence-corrected chi connectivity index (χ3v) is 17.4. The van der Waals surface area contributed by atoms with Crippen molar-refractivity contribution in [1.29, 1.82) is 0 Å². The van der Waals surface area contributed by atoms with Gasteiger partial charge in [-0.25, -0.2) is 0 Å². The summed E-state index contributed by atoms with van der Waals surface area (Å²) in [4.78, 5) is 7.33. The molecule has 6 heteroatoms. The van der Waals surface area contributed by atoms with Crippen molar-refractivity contribution in [2.75, 3.05) is 9.80 Å². The summed E-state index contributed by atoms with van der Waals surface area (Å²) < 4.78 is 5.39. The SMILES string of the molecule is c1ccc(-c2ccc(N(c3ccc(-c4ccc5cc(N(c6ccc(-c7ccccc7)cc6)c6ccc(-c7cc8sccc8s7)cc6)ccc5c4)cc3)c3ccc(-c4cc5sccc5s4)cc3)cc2)cc1. The van der Waals surface area contributed by atoms with Crippen LogP contribution >= 0.6 is 45.3 Å². The van der Waals surface area contributed by atoms with Gasteiger partial charge in [0.1, 0.15) is 0 Å². The molecule has 0 bridgehead atoms. The summed E-state index contributed by atoms with van der Waals surface area (Å²) >= 11 is 7.33. The molecule has 4 aromatic heterocycles. The lowest BCUT2D eigenvalue weighted by Crippen LogP contribution is -2.10. The number of benzene rings is 9. The van der Waals surface area contributed by atoms with Crippen LogP contribution in [-0.2, 0) is 0 Å². The van der Waals surface area contributed by atoms with E-state index < -0.39 is 0 Å². The van der Waals surface area contributed by atoms with Crippen molar-refractivity contribution >= 4 is 109 Å². The van der Waals surface area contributed by atoms with Crippen LogP contribution in [0.2, 0.25) is 0 Å². The highest BCUT2D eigenvalue weighted by Gasteiger charge is 2.17. The van der Waals surface area contributed by atoms with Crippen LogP contribution in [0.25, 0.3) is 83.8 Å². The van der Waals surface area contributed by atoms with E-state index in [2.05, 4.69) is 263 Å². The highest BCUT2D eigenvalue weighted by atomic mass is 32.1. The first-order chi connectivity index (χ1) is 34.6. The zero-order valence-electron chi connectivity index (χ0n) is 37.8. The molecule has 0 amide bonds. The third kappa shape index (κ3) is 8.21. The van der Waals surface area contributed by atoms with Gasteiger partial charge in [-0.3, -0.25) is 0 Å². The highest BCUT2D eigenvalue weighted by Crippen LogP contribution is 2.43. The van der Waals surface area contributed by atoms with E-state index in [0.29, 0.717) is 0 Å². The smallest absolute Gasteiger partial charge is 0.0468 e. The summed E-state index contributed by atoms with van der Waals surface area (Å²) in [5, 5.41) is 6.73. The maximum Gasteiger partial charge on any atom is 0.0468 e. The van der Waals surface area contributed by atoms with E-state index in [4.69, 9.17) is 0 Å². The molecule has 13 rings (SSSR count). The Labute approximate surface area is 423 Å². The van der Waals surface area contributed by atoms with E-state index in [9.17, 15) is 0 Å². The Hall–Kier alpha value is -7.84. The zero-order chi connectivity index (χ0) is 46.4. The van der Waals surface area contributed by atoms with Gasteiger partial charge in [-0.05, 0) is 169 Å². The molecular weight excluding hydrogens is 925 g/mol. The topological polar surface area (TPSA) is 6.48 Å². The molecule has 332 valence electrons. The number of hydrogen-bond acceptors (Lipinski definition) is 6. The Bertz CT molecular complexity index is 3850. The molecule has 13 aromatic rings. The van der Waals surface area contributed by atoms with Gasteiger partial charge in [-0.1, -0.05) is 140 Å². The summed E-state index contributed by atoms with van der Waals surface area (Å²) in [5.41, 5.74) is 16.3. The molecule has 0 fully saturated rings. The first-order valence-electron chi connectivity index (χ1n) is 23.3. The highest BCUT2D eigenvalue weighted by molar-refractivity contribution is 7.29. The quantitative estimate of drug-likeness (QED) is 0.127. The lowest BCUT2D eigenvalue weighted by molar-refractivity contribution is 1.28. The van der Waals surface area contributed by atoms with Gasteiger partial charge in [0.05, 0.1) is 0 Å². The van der Waals surface area contributed by atoms with Crippen LogP contribution in [0.4, 0.5) is 34.1 Å². The molecule has 70 heavy (non-hydrogen) atoms. The number of rotatable bonds is 11. The third-order valence-electron chi connectivity index (χ3n) is 13.1. The maximum absolute atomic E-state index is 2.37. The lowest BCUT2D eigenvalue weighted by atomic mass is 9.99. The fourth-order valence-corrected chi connectivity index (χ4v) is 13.7. The second-order valence-electron chi connectivity index (χ2n) is 17.4. The van der Waals surface area contributed by atoms with Gasteiger partial charge in [0.2, 0.25) is 0 Å². The minimum Gasteiger partial charge on any atom is -0.311 e. The van der Waals surface area contributed by atoms with Crippen molar-refractivity contribution in [3.63, 3.8) is 0 Å². The van der Waals surface area contributed by atoms with E-state index in [1.807, 2.05) is 22.7 Å². The van der Waals surface area contributed by atoms with Crippen LogP contribution in [0.1, 0.15) is 0 Å². The van der Waals surface area contributed by atoms with Gasteiger partial charge >= 0.3 is 0 Å². The summed E-state index contributed by atoms with van der Waals surface area (Å²) in [6.07, 6.45) is 0. The molecular formula is C64H42N2S4. The fourth-order valence-electron chi connectivity index (χ4n) is 9.48. The Morgan fingerprint density at radius 3 is 0.986 bits per heavy atom. The molecule has 9 aromatic carbocycles. The van der Waals surface area contributed by atoms with Gasteiger partial charge in [-0.15, -0.1) is 45.3 Å². The van der Waals surface area contributed by atoms with Crippen LogP contribution in [-0.4, -0.2) is 0 Å². The Morgan fingerprint density at radius 1 is 0.229 bits per heavy atom. The minimum atomic E-state index is 1.10. The summed E-state index contributed by atoms with van der Waals surface area (Å²) in [7, 11) is 0. The van der Waals surface area contributed by atoms with Gasteiger partial charge < -0.3 is 9.80 Å². The van der Waals surface area contributed by atoms with Crippen LogP contribution in [0.5, 0.6) is 0 Å². The van der Waals surface area contributed by atoms with Crippen molar-refractivity contribution in [1.82, 2.24) is 0 Å². The van der Waals surface area contributed by atoms with E-state index in [1.54, 1.807) is 22.7 Å². The van der Waals surface area contributed by atoms with E-state index >= 15 is 0 Å². The minimum absolute atomic E-state index is 1.10. The first-order valence-corrected chi connectivity index (χ1v) is 26.7. The molecule has 0 saturated carbocycles. The number of nitrogens with zero attached hydrogens (tertiary/aromatic N) is 2. The molecule has 0 unspecified atom stereocenters. The number of fused-ring (bicyclic) bond motifs is 3.